The van der Waals surface area contributed by atoms with E-state index < -0.39 is 5.97 Å². The number of carbonyl (C=O) groups excluding carboxylic acids is 1. The van der Waals surface area contributed by atoms with Gasteiger partial charge in [0.25, 0.3) is 0 Å². The molecule has 15 heavy (non-hydrogen) atoms. The second-order valence-corrected chi connectivity index (χ2v) is 3.17. The van der Waals surface area contributed by atoms with Gasteiger partial charge >= 0.3 is 5.97 Å². The van der Waals surface area contributed by atoms with Crippen molar-refractivity contribution in [3.8, 4) is 0 Å². The van der Waals surface area contributed by atoms with Gasteiger partial charge < -0.3 is 4.74 Å². The van der Waals surface area contributed by atoms with Gasteiger partial charge in [0.05, 0.1) is 12.8 Å². The van der Waals surface area contributed by atoms with Gasteiger partial charge in [-0.05, 0) is 6.92 Å². The van der Waals surface area contributed by atoms with Crippen LogP contribution < -0.4 is 0 Å². The molecule has 0 aromatic carbocycles. The zero-order valence-electron chi connectivity index (χ0n) is 7.93. The van der Waals surface area contributed by atoms with Crippen molar-refractivity contribution >= 4 is 23.8 Å². The number of hydrogen-bond donors (Lipinski definition) is 1. The average Bonchev–Trinajstić information content (AvgIpc) is 2.66. The van der Waals surface area contributed by atoms with Crippen LogP contribution in [-0.2, 0) is 4.74 Å². The summed E-state index contributed by atoms with van der Waals surface area (Å²) in [6.45, 7) is 2.04. The number of aromatic amines is 1. The molecule has 0 aliphatic rings. The van der Waals surface area contributed by atoms with Crippen LogP contribution in [0.15, 0.2) is 12.3 Å². The number of rotatable bonds is 2. The van der Waals surface area contributed by atoms with Crippen molar-refractivity contribution in [2.24, 2.45) is 0 Å². The molecule has 0 radical (unpaired) electrons. The first-order chi connectivity index (χ1) is 7.22. The van der Waals surface area contributed by atoms with Crippen LogP contribution in [0.1, 0.15) is 17.4 Å². The molecule has 2 rings (SSSR count). The third-order valence-electron chi connectivity index (χ3n) is 1.77. The summed E-state index contributed by atoms with van der Waals surface area (Å²) in [5, 5.41) is 6.40. The number of carbonyl (C=O) groups is 1. The lowest BCUT2D eigenvalue weighted by Gasteiger charge is -2.00. The molecule has 6 nitrogen and oxygen atoms in total. The summed E-state index contributed by atoms with van der Waals surface area (Å²) in [7, 11) is 0. The Bertz CT molecular complexity index is 559. The van der Waals surface area contributed by atoms with E-state index in [-0.39, 0.29) is 5.69 Å². The van der Waals surface area contributed by atoms with E-state index >= 15 is 0 Å². The first kappa shape index (κ1) is 9.78. The van der Waals surface area contributed by atoms with Crippen LogP contribution in [0.25, 0.3) is 5.65 Å². The van der Waals surface area contributed by atoms with Crippen molar-refractivity contribution in [2.45, 2.75) is 6.92 Å². The maximum Gasteiger partial charge on any atom is 0.357 e. The van der Waals surface area contributed by atoms with E-state index in [9.17, 15) is 4.79 Å². The average molecular weight is 224 g/mol. The third kappa shape index (κ3) is 1.73. The van der Waals surface area contributed by atoms with Gasteiger partial charge in [-0.2, -0.15) is 5.10 Å². The predicted octanol–water partition coefficient (Wildman–Crippen LogP) is 0.964. The fourth-order valence-corrected chi connectivity index (χ4v) is 1.39. The van der Waals surface area contributed by atoms with Gasteiger partial charge in [-0.1, -0.05) is 12.2 Å². The minimum absolute atomic E-state index is 0.197. The molecule has 0 aliphatic heterocycles. The number of ether oxygens (including phenoxy) is 1. The van der Waals surface area contributed by atoms with Gasteiger partial charge in [-0.3, -0.25) is 0 Å². The molecule has 2 heterocycles. The van der Waals surface area contributed by atoms with E-state index in [1.54, 1.807) is 6.92 Å². The Labute approximate surface area is 89.9 Å². The van der Waals surface area contributed by atoms with Crippen molar-refractivity contribution in [1.82, 2.24) is 19.8 Å². The van der Waals surface area contributed by atoms with Crippen LogP contribution in [0.2, 0.25) is 0 Å². The summed E-state index contributed by atoms with van der Waals surface area (Å²) < 4.78 is 6.75. The minimum atomic E-state index is -0.479. The minimum Gasteiger partial charge on any atom is -0.461 e. The second-order valence-electron chi connectivity index (χ2n) is 2.75. The highest BCUT2D eigenvalue weighted by atomic mass is 32.1. The molecule has 2 aromatic heterocycles. The van der Waals surface area contributed by atoms with Crippen LogP contribution in [0.5, 0.6) is 0 Å². The zero-order valence-corrected chi connectivity index (χ0v) is 8.74. The number of aromatic nitrogens is 4. The summed E-state index contributed by atoms with van der Waals surface area (Å²) in [5.74, 6) is -0.479. The van der Waals surface area contributed by atoms with Gasteiger partial charge in [0.2, 0.25) is 0 Å². The number of esters is 1. The van der Waals surface area contributed by atoms with Gasteiger partial charge in [0.15, 0.2) is 11.3 Å². The molecule has 0 fully saturated rings. The smallest absolute Gasteiger partial charge is 0.357 e. The zero-order chi connectivity index (χ0) is 10.8. The summed E-state index contributed by atoms with van der Waals surface area (Å²) >= 11 is 5.04. The monoisotopic (exact) mass is 224 g/mol. The Balaban J connectivity index is 2.54. The van der Waals surface area contributed by atoms with Gasteiger partial charge in [0, 0.05) is 6.07 Å². The van der Waals surface area contributed by atoms with Crippen LogP contribution in [0, 0.1) is 4.64 Å². The summed E-state index contributed by atoms with van der Waals surface area (Å²) in [6.07, 6.45) is 1.48. The standard InChI is InChI=1S/C8H8N4O2S/c1-2-14-8(13)5-3-7(15)12-6(10-5)4-9-11-12/h3-4,11H,2H2,1H3. The lowest BCUT2D eigenvalue weighted by Crippen LogP contribution is -2.08. The van der Waals surface area contributed by atoms with Crippen molar-refractivity contribution in [1.29, 1.82) is 0 Å². The lowest BCUT2D eigenvalue weighted by molar-refractivity contribution is 0.0519. The van der Waals surface area contributed by atoms with E-state index in [1.165, 1.54) is 16.8 Å². The number of H-pyrrole nitrogens is 1. The highest BCUT2D eigenvalue weighted by Crippen LogP contribution is 2.03. The topological polar surface area (TPSA) is 72.3 Å². The molecule has 0 amide bonds. The Morgan fingerprint density at radius 1 is 1.73 bits per heavy atom. The van der Waals surface area contributed by atoms with Crippen LogP contribution in [0.4, 0.5) is 0 Å². The first-order valence-electron chi connectivity index (χ1n) is 4.32. The molecule has 0 unspecified atom stereocenters. The number of hydrogen-bond acceptors (Lipinski definition) is 5. The quantitative estimate of drug-likeness (QED) is 0.607. The normalized spacial score (nSPS) is 10.5. The molecule has 0 saturated heterocycles. The number of nitrogens with zero attached hydrogens (tertiary/aromatic N) is 3. The molecule has 0 spiro atoms. The van der Waals surface area contributed by atoms with Crippen molar-refractivity contribution < 1.29 is 9.53 Å². The number of fused-ring (bicyclic) bond motifs is 1. The lowest BCUT2D eigenvalue weighted by atomic mass is 10.4. The van der Waals surface area contributed by atoms with E-state index in [2.05, 4.69) is 15.3 Å². The van der Waals surface area contributed by atoms with Crippen molar-refractivity contribution in [3.63, 3.8) is 0 Å². The number of nitrogens with one attached hydrogen (secondary N) is 1. The largest absolute Gasteiger partial charge is 0.461 e. The van der Waals surface area contributed by atoms with E-state index in [0.29, 0.717) is 16.9 Å². The fraction of sp³-hybridized carbons (Fsp3) is 0.250. The molecule has 78 valence electrons. The molecule has 0 bridgehead atoms. The van der Waals surface area contributed by atoms with E-state index in [4.69, 9.17) is 17.0 Å². The molecule has 1 N–H and O–H groups in total. The third-order valence-corrected chi connectivity index (χ3v) is 2.07. The van der Waals surface area contributed by atoms with E-state index in [0.717, 1.165) is 0 Å². The molecule has 2 aromatic rings. The Morgan fingerprint density at radius 3 is 3.27 bits per heavy atom. The Kier molecular flexibility index (Phi) is 2.46. The van der Waals surface area contributed by atoms with Crippen molar-refractivity contribution in [3.05, 3.63) is 22.6 Å². The van der Waals surface area contributed by atoms with Gasteiger partial charge in [-0.15, -0.1) is 0 Å². The molecular formula is C8H8N4O2S. The molecule has 0 atom stereocenters. The second kappa shape index (κ2) is 3.77. The summed E-state index contributed by atoms with van der Waals surface area (Å²) in [6, 6.07) is 1.47. The Morgan fingerprint density at radius 2 is 2.53 bits per heavy atom. The maximum atomic E-state index is 11.4. The van der Waals surface area contributed by atoms with Crippen LogP contribution >= 0.6 is 12.2 Å². The summed E-state index contributed by atoms with van der Waals surface area (Å²) in [4.78, 5) is 15.4. The predicted molar refractivity (Wildman–Crippen MR) is 54.1 cm³/mol. The molecular weight excluding hydrogens is 216 g/mol. The highest BCUT2D eigenvalue weighted by Gasteiger charge is 2.10. The molecule has 0 saturated carbocycles. The van der Waals surface area contributed by atoms with Gasteiger partial charge in [0.1, 0.15) is 4.64 Å². The molecule has 7 heteroatoms. The fourth-order valence-electron chi connectivity index (χ4n) is 1.14. The Hall–Kier alpha value is -1.76. The van der Waals surface area contributed by atoms with Gasteiger partial charge in [-0.25, -0.2) is 19.5 Å². The van der Waals surface area contributed by atoms with Crippen LogP contribution in [0.3, 0.4) is 0 Å². The molecule has 0 aliphatic carbocycles. The SMILES string of the molecule is CCOC(=O)c1cc(=S)n2[nH]ncc2n1. The summed E-state index contributed by atoms with van der Waals surface area (Å²) in [5.41, 5.74) is 0.689. The first-order valence-corrected chi connectivity index (χ1v) is 4.73. The highest BCUT2D eigenvalue weighted by molar-refractivity contribution is 7.71. The van der Waals surface area contributed by atoms with E-state index in [1.807, 2.05) is 0 Å². The maximum absolute atomic E-state index is 11.4. The van der Waals surface area contributed by atoms with Crippen LogP contribution in [-0.4, -0.2) is 32.4 Å². The van der Waals surface area contributed by atoms with Crippen molar-refractivity contribution in [2.75, 3.05) is 6.61 Å².